The normalized spacial score (nSPS) is 23.2. The number of nitrogens with one attached hydrogen (secondary N) is 1. The molecule has 2 atom stereocenters. The second-order valence-corrected chi connectivity index (χ2v) is 6.17. The Kier molecular flexibility index (Phi) is 4.28. The highest BCUT2D eigenvalue weighted by molar-refractivity contribution is 7.94. The molecular weight excluding hydrogens is 246 g/mol. The molecule has 0 aromatic rings. The number of hydrogen-bond donors (Lipinski definition) is 2. The molecule has 7 heteroatoms. The van der Waals surface area contributed by atoms with E-state index in [2.05, 4.69) is 5.32 Å². The quantitative estimate of drug-likeness (QED) is 0.720. The highest BCUT2D eigenvalue weighted by Gasteiger charge is 2.23. The second-order valence-electron chi connectivity index (χ2n) is 4.24. The first-order valence-electron chi connectivity index (χ1n) is 5.20. The van der Waals surface area contributed by atoms with Gasteiger partial charge in [0, 0.05) is 18.2 Å². The predicted molar refractivity (Wildman–Crippen MR) is 60.9 cm³/mol. The highest BCUT2D eigenvalue weighted by atomic mass is 32.2. The third-order valence-corrected chi connectivity index (χ3v) is 3.73. The van der Waals surface area contributed by atoms with Crippen LogP contribution in [0.25, 0.3) is 0 Å². The van der Waals surface area contributed by atoms with Crippen LogP contribution in [0.5, 0.6) is 0 Å². The van der Waals surface area contributed by atoms with E-state index in [4.69, 9.17) is 5.11 Å². The molecule has 0 bridgehead atoms. The summed E-state index contributed by atoms with van der Waals surface area (Å²) in [6.45, 7) is 1.66. The summed E-state index contributed by atoms with van der Waals surface area (Å²) in [5.41, 5.74) is 0. The molecule has 0 saturated heterocycles. The van der Waals surface area contributed by atoms with Gasteiger partial charge in [-0.05, 0) is 12.0 Å². The molecule has 1 rings (SSSR count). The van der Waals surface area contributed by atoms with Gasteiger partial charge in [-0.1, -0.05) is 6.92 Å². The number of carbonyl (C=O) groups excluding carboxylic acids is 1. The Bertz CT molecular complexity index is 440. The summed E-state index contributed by atoms with van der Waals surface area (Å²) in [5.74, 6) is -1.67. The van der Waals surface area contributed by atoms with E-state index in [-0.39, 0.29) is 30.4 Å². The minimum absolute atomic E-state index is 0.0772. The first-order valence-corrected chi connectivity index (χ1v) is 6.92. The number of rotatable bonds is 5. The van der Waals surface area contributed by atoms with Crippen molar-refractivity contribution in [2.45, 2.75) is 25.8 Å². The van der Waals surface area contributed by atoms with Crippen LogP contribution in [0, 0.1) is 5.92 Å². The van der Waals surface area contributed by atoms with Crippen LogP contribution in [0.4, 0.5) is 0 Å². The van der Waals surface area contributed by atoms with Crippen LogP contribution in [0.2, 0.25) is 0 Å². The Morgan fingerprint density at radius 3 is 2.59 bits per heavy atom. The fourth-order valence-electron chi connectivity index (χ4n) is 1.62. The summed E-state index contributed by atoms with van der Waals surface area (Å²) in [4.78, 5) is 21.9. The van der Waals surface area contributed by atoms with Crippen LogP contribution in [0.1, 0.15) is 19.8 Å². The van der Waals surface area contributed by atoms with Crippen LogP contribution in [-0.4, -0.2) is 37.2 Å². The van der Waals surface area contributed by atoms with Crippen LogP contribution >= 0.6 is 0 Å². The smallest absolute Gasteiger partial charge is 0.303 e. The molecule has 0 radical (unpaired) electrons. The van der Waals surface area contributed by atoms with Crippen molar-refractivity contribution < 1.29 is 23.1 Å². The zero-order chi connectivity index (χ0) is 13.1. The van der Waals surface area contributed by atoms with Crippen molar-refractivity contribution in [3.63, 3.8) is 0 Å². The Morgan fingerprint density at radius 2 is 2.12 bits per heavy atom. The van der Waals surface area contributed by atoms with Crippen LogP contribution in [0.3, 0.4) is 0 Å². The standard InChI is InChI=1S/C10H15NO5S/c1-7(5-10(13)14)4-9(12)11-8-2-3-17(15,16)6-8/h2-3,7-8H,4-6H2,1H3,(H,11,12)(H,13,14). The topological polar surface area (TPSA) is 101 Å². The zero-order valence-corrected chi connectivity index (χ0v) is 10.2. The Hall–Kier alpha value is -1.37. The molecular formula is C10H15NO5S. The number of hydrogen-bond acceptors (Lipinski definition) is 4. The van der Waals surface area contributed by atoms with Crippen LogP contribution in [-0.2, 0) is 19.4 Å². The fourth-order valence-corrected chi connectivity index (χ4v) is 2.85. The SMILES string of the molecule is CC(CC(=O)O)CC(=O)NC1C=CS(=O)(=O)C1. The van der Waals surface area contributed by atoms with E-state index in [1.54, 1.807) is 6.92 Å². The maximum Gasteiger partial charge on any atom is 0.303 e. The Morgan fingerprint density at radius 1 is 1.47 bits per heavy atom. The van der Waals surface area contributed by atoms with E-state index in [0.717, 1.165) is 5.41 Å². The summed E-state index contributed by atoms with van der Waals surface area (Å²) in [5, 5.41) is 12.2. The average molecular weight is 261 g/mol. The van der Waals surface area contributed by atoms with E-state index in [9.17, 15) is 18.0 Å². The molecule has 1 aliphatic heterocycles. The van der Waals surface area contributed by atoms with Gasteiger partial charge in [0.1, 0.15) is 0 Å². The summed E-state index contributed by atoms with van der Waals surface area (Å²) in [6.07, 6.45) is 1.43. The van der Waals surface area contributed by atoms with Gasteiger partial charge in [-0.25, -0.2) is 8.42 Å². The molecule has 17 heavy (non-hydrogen) atoms. The van der Waals surface area contributed by atoms with Gasteiger partial charge in [0.15, 0.2) is 9.84 Å². The molecule has 96 valence electrons. The molecule has 0 aliphatic carbocycles. The third kappa shape index (κ3) is 4.99. The van der Waals surface area contributed by atoms with E-state index < -0.39 is 21.8 Å². The van der Waals surface area contributed by atoms with E-state index in [1.165, 1.54) is 6.08 Å². The minimum atomic E-state index is -3.18. The molecule has 6 nitrogen and oxygen atoms in total. The van der Waals surface area contributed by atoms with Gasteiger partial charge in [-0.15, -0.1) is 0 Å². The number of sulfone groups is 1. The lowest BCUT2D eigenvalue weighted by molar-refractivity contribution is -0.138. The van der Waals surface area contributed by atoms with Gasteiger partial charge < -0.3 is 10.4 Å². The predicted octanol–water partition coefficient (Wildman–Crippen LogP) is -0.0858. The van der Waals surface area contributed by atoms with Crippen molar-refractivity contribution in [1.29, 1.82) is 0 Å². The summed E-state index contributed by atoms with van der Waals surface area (Å²) < 4.78 is 22.1. The van der Waals surface area contributed by atoms with E-state index in [0.29, 0.717) is 0 Å². The lowest BCUT2D eigenvalue weighted by Crippen LogP contribution is -2.36. The van der Waals surface area contributed by atoms with Gasteiger partial charge >= 0.3 is 5.97 Å². The maximum absolute atomic E-state index is 11.5. The van der Waals surface area contributed by atoms with Crippen molar-refractivity contribution in [2.75, 3.05) is 5.75 Å². The molecule has 0 saturated carbocycles. The third-order valence-electron chi connectivity index (χ3n) is 2.33. The molecule has 0 aromatic carbocycles. The van der Waals surface area contributed by atoms with Crippen LogP contribution < -0.4 is 5.32 Å². The number of aliphatic carboxylic acids is 1. The first kappa shape index (κ1) is 13.7. The number of carboxylic acids is 1. The molecule has 2 unspecified atom stereocenters. The van der Waals surface area contributed by atoms with Gasteiger partial charge in [-0.3, -0.25) is 9.59 Å². The van der Waals surface area contributed by atoms with Crippen molar-refractivity contribution >= 4 is 21.7 Å². The largest absolute Gasteiger partial charge is 0.481 e. The van der Waals surface area contributed by atoms with Gasteiger partial charge in [0.2, 0.25) is 5.91 Å². The van der Waals surface area contributed by atoms with Crippen molar-refractivity contribution in [2.24, 2.45) is 5.92 Å². The fraction of sp³-hybridized carbons (Fsp3) is 0.600. The lowest BCUT2D eigenvalue weighted by atomic mass is 10.0. The molecule has 1 heterocycles. The summed E-state index contributed by atoms with van der Waals surface area (Å²) in [7, 11) is -3.18. The monoisotopic (exact) mass is 261 g/mol. The number of carbonyl (C=O) groups is 2. The van der Waals surface area contributed by atoms with Gasteiger partial charge in [0.25, 0.3) is 0 Å². The lowest BCUT2D eigenvalue weighted by Gasteiger charge is -2.12. The highest BCUT2D eigenvalue weighted by Crippen LogP contribution is 2.10. The molecule has 0 fully saturated rings. The Labute approximate surface area is 99.6 Å². The molecule has 1 aliphatic rings. The number of carboxylic acid groups (broad SMARTS) is 1. The zero-order valence-electron chi connectivity index (χ0n) is 9.42. The van der Waals surface area contributed by atoms with E-state index >= 15 is 0 Å². The van der Waals surface area contributed by atoms with Crippen molar-refractivity contribution in [3.8, 4) is 0 Å². The van der Waals surface area contributed by atoms with Gasteiger partial charge in [-0.2, -0.15) is 0 Å². The maximum atomic E-state index is 11.5. The molecule has 0 aromatic heterocycles. The average Bonchev–Trinajstić information content (AvgIpc) is 2.42. The summed E-state index contributed by atoms with van der Waals surface area (Å²) in [6, 6.07) is -0.496. The van der Waals surface area contributed by atoms with Crippen molar-refractivity contribution in [3.05, 3.63) is 11.5 Å². The number of amides is 1. The molecule has 2 N–H and O–H groups in total. The Balaban J connectivity index is 2.36. The molecule has 1 amide bonds. The second kappa shape index (κ2) is 5.31. The summed E-state index contributed by atoms with van der Waals surface area (Å²) >= 11 is 0. The molecule has 0 spiro atoms. The van der Waals surface area contributed by atoms with Crippen LogP contribution in [0.15, 0.2) is 11.5 Å². The van der Waals surface area contributed by atoms with E-state index in [1.807, 2.05) is 0 Å². The first-order chi connectivity index (χ1) is 7.78. The van der Waals surface area contributed by atoms with Gasteiger partial charge in [0.05, 0.1) is 11.8 Å². The van der Waals surface area contributed by atoms with Crippen molar-refractivity contribution in [1.82, 2.24) is 5.32 Å². The minimum Gasteiger partial charge on any atom is -0.481 e.